The van der Waals surface area contributed by atoms with Crippen LogP contribution >= 0.6 is 23.2 Å². The molecular formula is C23H20Cl2N6O4. The molecule has 2 aromatic heterocycles. The van der Waals surface area contributed by atoms with Gasteiger partial charge in [-0.2, -0.15) is 20.0 Å². The number of ether oxygens (including phenoxy) is 2. The molecule has 0 radical (unpaired) electrons. The van der Waals surface area contributed by atoms with Gasteiger partial charge in [-0.15, -0.1) is 0 Å². The lowest BCUT2D eigenvalue weighted by Gasteiger charge is -2.23. The maximum atomic E-state index is 13.8. The van der Waals surface area contributed by atoms with E-state index in [1.165, 1.54) is 31.4 Å². The van der Waals surface area contributed by atoms with E-state index in [1.807, 2.05) is 0 Å². The van der Waals surface area contributed by atoms with Crippen LogP contribution in [0.15, 0.2) is 47.2 Å². The van der Waals surface area contributed by atoms with Crippen LogP contribution in [0.5, 0.6) is 11.5 Å². The van der Waals surface area contributed by atoms with Gasteiger partial charge in [0, 0.05) is 6.54 Å². The third-order valence-corrected chi connectivity index (χ3v) is 6.38. The Balaban J connectivity index is 1.50. The minimum Gasteiger partial charge on any atom is -0.495 e. The summed E-state index contributed by atoms with van der Waals surface area (Å²) in [5.74, 6) is 1.21. The number of rotatable bonds is 6. The van der Waals surface area contributed by atoms with Crippen molar-refractivity contribution in [2.24, 2.45) is 0 Å². The summed E-state index contributed by atoms with van der Waals surface area (Å²) in [5.41, 5.74) is 1.35. The van der Waals surface area contributed by atoms with Gasteiger partial charge in [0.25, 0.3) is 11.8 Å². The Kier molecular flexibility index (Phi) is 6.31. The molecule has 1 aliphatic rings. The third kappa shape index (κ3) is 4.19. The number of hydrogen-bond acceptors (Lipinski definition) is 8. The molecule has 0 N–H and O–H groups in total. The number of hydrogen-bond donors (Lipinski definition) is 0. The summed E-state index contributed by atoms with van der Waals surface area (Å²) >= 11 is 12.6. The second kappa shape index (κ2) is 9.55. The lowest BCUT2D eigenvalue weighted by molar-refractivity contribution is 0.0727. The Morgan fingerprint density at radius 2 is 1.91 bits per heavy atom. The first-order valence-electron chi connectivity index (χ1n) is 10.7. The van der Waals surface area contributed by atoms with Crippen LogP contribution < -0.4 is 9.47 Å². The molecule has 0 spiro atoms. The maximum absolute atomic E-state index is 13.8. The molecule has 4 aromatic rings. The second-order valence-electron chi connectivity index (χ2n) is 7.76. The Morgan fingerprint density at radius 1 is 1.11 bits per heavy atom. The Hall–Kier alpha value is -3.63. The van der Waals surface area contributed by atoms with Gasteiger partial charge in [0.2, 0.25) is 0 Å². The number of para-hydroxylation sites is 1. The van der Waals surface area contributed by atoms with Gasteiger partial charge >= 0.3 is 0 Å². The highest BCUT2D eigenvalue weighted by Gasteiger charge is 2.36. The molecule has 0 aliphatic carbocycles. The number of nitrogens with zero attached hydrogens (tertiary/aromatic N) is 6. The average Bonchev–Trinajstić information content (AvgIpc) is 3.64. The van der Waals surface area contributed by atoms with Crippen LogP contribution in [-0.2, 0) is 0 Å². The minimum atomic E-state index is -0.384. The first-order valence-corrected chi connectivity index (χ1v) is 11.5. The topological polar surface area (TPSA) is 108 Å². The van der Waals surface area contributed by atoms with Gasteiger partial charge in [-0.25, -0.2) is 0 Å². The molecule has 1 atom stereocenters. The van der Waals surface area contributed by atoms with Crippen molar-refractivity contribution in [1.29, 1.82) is 0 Å². The molecule has 12 heteroatoms. The smallest absolute Gasteiger partial charge is 0.261 e. The van der Waals surface area contributed by atoms with Gasteiger partial charge < -0.3 is 18.9 Å². The van der Waals surface area contributed by atoms with Crippen molar-refractivity contribution in [2.75, 3.05) is 20.8 Å². The Bertz CT molecular complexity index is 1370. The fourth-order valence-corrected chi connectivity index (χ4v) is 4.66. The Labute approximate surface area is 210 Å². The number of benzene rings is 2. The van der Waals surface area contributed by atoms with E-state index in [1.54, 1.807) is 35.2 Å². The van der Waals surface area contributed by atoms with Crippen molar-refractivity contribution in [2.45, 2.75) is 18.9 Å². The molecule has 1 amide bonds. The van der Waals surface area contributed by atoms with Crippen molar-refractivity contribution in [3.63, 3.8) is 0 Å². The van der Waals surface area contributed by atoms with Crippen molar-refractivity contribution >= 4 is 29.1 Å². The zero-order valence-electron chi connectivity index (χ0n) is 18.8. The second-order valence-corrected chi connectivity index (χ2v) is 8.57. The van der Waals surface area contributed by atoms with Gasteiger partial charge in [-0.1, -0.05) is 34.4 Å². The molecular weight excluding hydrogens is 495 g/mol. The van der Waals surface area contributed by atoms with E-state index in [9.17, 15) is 4.79 Å². The molecule has 10 nitrogen and oxygen atoms in total. The molecule has 1 fully saturated rings. The molecule has 0 unspecified atom stereocenters. The van der Waals surface area contributed by atoms with Gasteiger partial charge in [-0.3, -0.25) is 4.79 Å². The van der Waals surface area contributed by atoms with E-state index in [0.717, 1.165) is 6.42 Å². The van der Waals surface area contributed by atoms with E-state index in [2.05, 4.69) is 20.3 Å². The summed E-state index contributed by atoms with van der Waals surface area (Å²) in [5, 5.41) is 13.3. The highest BCUT2D eigenvalue weighted by Crippen LogP contribution is 2.38. The van der Waals surface area contributed by atoms with Crippen LogP contribution in [0.25, 0.3) is 17.1 Å². The van der Waals surface area contributed by atoms with Crippen molar-refractivity contribution in [3.8, 4) is 28.6 Å². The van der Waals surface area contributed by atoms with Gasteiger partial charge in [-0.05, 0) is 37.1 Å². The van der Waals surface area contributed by atoms with E-state index in [-0.39, 0.29) is 17.8 Å². The molecule has 3 heterocycles. The normalized spacial score (nSPS) is 15.4. The number of amides is 1. The number of halogens is 2. The van der Waals surface area contributed by atoms with E-state index >= 15 is 0 Å². The van der Waals surface area contributed by atoms with Crippen molar-refractivity contribution < 1.29 is 18.8 Å². The van der Waals surface area contributed by atoms with Gasteiger partial charge in [0.1, 0.15) is 17.2 Å². The standard InChI is InChI=1S/C23H20Cl2N6O4/c1-33-19-11-14(18(12-16(19)25)31-26-8-9-27-31)23(32)30-10-4-7-17(30)21-28-22(35-29-21)13-5-3-6-15(24)20(13)34-2/h3,5-6,8-9,11-12,17H,4,7,10H2,1-2H3/t17-/m0/s1. The minimum absolute atomic E-state index is 0.249. The zero-order valence-corrected chi connectivity index (χ0v) is 20.3. The third-order valence-electron chi connectivity index (χ3n) is 5.79. The predicted molar refractivity (Wildman–Crippen MR) is 127 cm³/mol. The molecule has 0 saturated carbocycles. The molecule has 0 bridgehead atoms. The van der Waals surface area contributed by atoms with E-state index in [0.29, 0.717) is 57.1 Å². The molecule has 1 saturated heterocycles. The van der Waals surface area contributed by atoms with Crippen LogP contribution in [0.4, 0.5) is 0 Å². The van der Waals surface area contributed by atoms with Crippen LogP contribution in [0.2, 0.25) is 10.0 Å². The summed E-state index contributed by atoms with van der Waals surface area (Å²) in [6.45, 7) is 0.519. The number of methoxy groups -OCH3 is 2. The molecule has 180 valence electrons. The maximum Gasteiger partial charge on any atom is 0.261 e. The summed E-state index contributed by atoms with van der Waals surface area (Å²) in [7, 11) is 3.01. The number of carbonyl (C=O) groups excluding carboxylic acids is 1. The number of likely N-dealkylation sites (tertiary alicyclic amines) is 1. The monoisotopic (exact) mass is 514 g/mol. The van der Waals surface area contributed by atoms with Crippen molar-refractivity contribution in [1.82, 2.24) is 30.0 Å². The molecule has 2 aromatic carbocycles. The van der Waals surface area contributed by atoms with Gasteiger partial charge in [0.15, 0.2) is 5.82 Å². The van der Waals surface area contributed by atoms with Crippen LogP contribution in [0, 0.1) is 0 Å². The first kappa shape index (κ1) is 23.1. The summed E-state index contributed by atoms with van der Waals surface area (Å²) in [6.07, 6.45) is 4.50. The largest absolute Gasteiger partial charge is 0.495 e. The molecule has 35 heavy (non-hydrogen) atoms. The SMILES string of the molecule is COc1cc(C(=O)N2CCC[C@H]2c2noc(-c3cccc(Cl)c3OC)n2)c(-n2nccn2)cc1Cl. The lowest BCUT2D eigenvalue weighted by atomic mass is 10.1. The summed E-state index contributed by atoms with van der Waals surface area (Å²) in [4.78, 5) is 21.4. The first-order chi connectivity index (χ1) is 17.0. The predicted octanol–water partition coefficient (Wildman–Crippen LogP) is 4.62. The highest BCUT2D eigenvalue weighted by molar-refractivity contribution is 6.32. The van der Waals surface area contributed by atoms with E-state index < -0.39 is 0 Å². The lowest BCUT2D eigenvalue weighted by Crippen LogP contribution is -2.32. The summed E-state index contributed by atoms with van der Waals surface area (Å²) < 4.78 is 16.3. The Morgan fingerprint density at radius 3 is 2.66 bits per heavy atom. The fourth-order valence-electron chi connectivity index (χ4n) is 4.17. The summed E-state index contributed by atoms with van der Waals surface area (Å²) in [6, 6.07) is 8.08. The van der Waals surface area contributed by atoms with Crippen LogP contribution in [0.1, 0.15) is 35.1 Å². The van der Waals surface area contributed by atoms with E-state index in [4.69, 9.17) is 37.2 Å². The van der Waals surface area contributed by atoms with Crippen molar-refractivity contribution in [3.05, 3.63) is 64.2 Å². The fraction of sp³-hybridized carbons (Fsp3) is 0.261. The average molecular weight is 515 g/mol. The molecule has 5 rings (SSSR count). The number of aromatic nitrogens is 5. The van der Waals surface area contributed by atoms with Gasteiger partial charge in [0.05, 0.1) is 53.8 Å². The highest BCUT2D eigenvalue weighted by atomic mass is 35.5. The number of carbonyl (C=O) groups is 1. The van der Waals surface area contributed by atoms with Crippen LogP contribution in [0.3, 0.4) is 0 Å². The zero-order chi connectivity index (χ0) is 24.5. The van der Waals surface area contributed by atoms with Crippen LogP contribution in [-0.4, -0.2) is 56.7 Å². The molecule has 1 aliphatic heterocycles. The quantitative estimate of drug-likeness (QED) is 0.366.